The lowest BCUT2D eigenvalue weighted by molar-refractivity contribution is 0.592. The van der Waals surface area contributed by atoms with Crippen molar-refractivity contribution in [3.05, 3.63) is 22.1 Å². The maximum Gasteiger partial charge on any atom is 0.254 e. The highest BCUT2D eigenvalue weighted by Crippen LogP contribution is 1.96. The number of H-pyrrole nitrogens is 1. The van der Waals surface area contributed by atoms with Crippen LogP contribution in [0.25, 0.3) is 0 Å². The molecule has 0 aliphatic carbocycles. The van der Waals surface area contributed by atoms with Crippen molar-refractivity contribution in [1.29, 1.82) is 0 Å². The average molecular weight is 188 g/mol. The molecular weight excluding hydrogens is 180 g/mol. The molecule has 0 radical (unpaired) electrons. The first kappa shape index (κ1) is 8.92. The second-order valence-corrected chi connectivity index (χ2v) is 4.40. The Balaban J connectivity index is 3.43. The maximum absolute atomic E-state index is 10.9. The summed E-state index contributed by atoms with van der Waals surface area (Å²) in [6, 6.07) is 0. The highest BCUT2D eigenvalue weighted by molar-refractivity contribution is 7.90. The lowest BCUT2D eigenvalue weighted by Gasteiger charge is -1.95. The molecule has 5 nitrogen and oxygen atoms in total. The third kappa shape index (κ3) is 1.70. The Hall–Kier alpha value is -1.17. The van der Waals surface area contributed by atoms with Gasteiger partial charge in [0.1, 0.15) is 0 Å². The van der Waals surface area contributed by atoms with Gasteiger partial charge in [0.2, 0.25) is 15.0 Å². The molecule has 66 valence electrons. The number of aryl methyl sites for hydroxylation is 1. The van der Waals surface area contributed by atoms with Gasteiger partial charge in [0.15, 0.2) is 0 Å². The van der Waals surface area contributed by atoms with Gasteiger partial charge in [0.05, 0.1) is 0 Å². The molecule has 1 heterocycles. The first-order valence-electron chi connectivity index (χ1n) is 3.17. The van der Waals surface area contributed by atoms with Gasteiger partial charge in [-0.2, -0.15) is 0 Å². The van der Waals surface area contributed by atoms with Crippen molar-refractivity contribution in [2.45, 2.75) is 12.1 Å². The molecule has 0 aromatic carbocycles. The smallest absolute Gasteiger partial charge is 0.254 e. The van der Waals surface area contributed by atoms with Crippen molar-refractivity contribution in [1.82, 2.24) is 9.97 Å². The second kappa shape index (κ2) is 2.71. The molecule has 1 N–H and O–H groups in total. The van der Waals surface area contributed by atoms with E-state index in [1.54, 1.807) is 6.92 Å². The van der Waals surface area contributed by atoms with Crippen molar-refractivity contribution in [2.75, 3.05) is 6.26 Å². The summed E-state index contributed by atoms with van der Waals surface area (Å²) < 4.78 is 21.7. The van der Waals surface area contributed by atoms with Crippen LogP contribution in [-0.4, -0.2) is 24.6 Å². The van der Waals surface area contributed by atoms with Gasteiger partial charge in [0, 0.05) is 18.0 Å². The zero-order valence-electron chi connectivity index (χ0n) is 6.66. The van der Waals surface area contributed by atoms with E-state index in [4.69, 9.17) is 0 Å². The van der Waals surface area contributed by atoms with E-state index in [-0.39, 0.29) is 5.16 Å². The van der Waals surface area contributed by atoms with Crippen molar-refractivity contribution >= 4 is 9.84 Å². The molecule has 0 spiro atoms. The number of aromatic amines is 1. The van der Waals surface area contributed by atoms with E-state index in [0.29, 0.717) is 5.56 Å². The third-order valence-corrected chi connectivity index (χ3v) is 2.22. The molecule has 0 fully saturated rings. The zero-order chi connectivity index (χ0) is 9.35. The number of rotatable bonds is 1. The highest BCUT2D eigenvalue weighted by Gasteiger charge is 2.09. The quantitative estimate of drug-likeness (QED) is 0.601. The summed E-state index contributed by atoms with van der Waals surface area (Å²) >= 11 is 0. The number of hydrogen-bond acceptors (Lipinski definition) is 4. The van der Waals surface area contributed by atoms with E-state index in [0.717, 1.165) is 6.26 Å². The van der Waals surface area contributed by atoms with Crippen LogP contribution in [0.3, 0.4) is 0 Å². The van der Waals surface area contributed by atoms with Crippen LogP contribution < -0.4 is 5.56 Å². The Morgan fingerprint density at radius 2 is 2.08 bits per heavy atom. The molecule has 1 aromatic heterocycles. The summed E-state index contributed by atoms with van der Waals surface area (Å²) in [6.45, 7) is 1.55. The minimum absolute atomic E-state index is 0.293. The van der Waals surface area contributed by atoms with Crippen LogP contribution >= 0.6 is 0 Å². The first-order valence-corrected chi connectivity index (χ1v) is 5.06. The van der Waals surface area contributed by atoms with E-state index in [2.05, 4.69) is 9.97 Å². The fourth-order valence-electron chi connectivity index (χ4n) is 0.630. The topological polar surface area (TPSA) is 79.9 Å². The van der Waals surface area contributed by atoms with E-state index < -0.39 is 15.4 Å². The summed E-state index contributed by atoms with van der Waals surface area (Å²) in [5.41, 5.74) is -0.0344. The van der Waals surface area contributed by atoms with Crippen molar-refractivity contribution < 1.29 is 8.42 Å². The molecule has 1 rings (SSSR count). The summed E-state index contributed by atoms with van der Waals surface area (Å²) in [7, 11) is -3.41. The monoisotopic (exact) mass is 188 g/mol. The van der Waals surface area contributed by atoms with Crippen molar-refractivity contribution in [3.63, 3.8) is 0 Å². The van der Waals surface area contributed by atoms with Gasteiger partial charge in [-0.3, -0.25) is 9.78 Å². The lowest BCUT2D eigenvalue weighted by atomic mass is 10.4. The van der Waals surface area contributed by atoms with E-state index >= 15 is 0 Å². The van der Waals surface area contributed by atoms with Crippen LogP contribution in [-0.2, 0) is 9.84 Å². The molecule has 12 heavy (non-hydrogen) atoms. The number of nitrogens with one attached hydrogen (secondary N) is 1. The van der Waals surface area contributed by atoms with Crippen LogP contribution in [0.5, 0.6) is 0 Å². The Kier molecular flexibility index (Phi) is 2.01. The minimum atomic E-state index is -3.41. The molecule has 0 amide bonds. The summed E-state index contributed by atoms with van der Waals surface area (Å²) in [6.07, 6.45) is 2.22. The summed E-state index contributed by atoms with van der Waals surface area (Å²) in [5, 5.41) is -0.293. The van der Waals surface area contributed by atoms with Crippen molar-refractivity contribution in [2.24, 2.45) is 0 Å². The minimum Gasteiger partial charge on any atom is -0.297 e. The molecule has 0 aliphatic rings. The normalized spacial score (nSPS) is 11.5. The number of sulfone groups is 1. The Bertz CT molecular complexity index is 446. The fourth-order valence-corrected chi connectivity index (χ4v) is 1.15. The van der Waals surface area contributed by atoms with Crippen LogP contribution in [0.1, 0.15) is 5.56 Å². The van der Waals surface area contributed by atoms with Gasteiger partial charge < -0.3 is 0 Å². The standard InChI is InChI=1S/C6H8N2O3S/c1-4-3-7-6(8-5(4)9)12(2,10)11/h3H,1-2H3,(H,7,8,9). The van der Waals surface area contributed by atoms with Crippen LogP contribution in [0.4, 0.5) is 0 Å². The first-order chi connectivity index (χ1) is 5.41. The molecule has 0 bridgehead atoms. The highest BCUT2D eigenvalue weighted by atomic mass is 32.2. The van der Waals surface area contributed by atoms with E-state index in [1.165, 1.54) is 6.20 Å². The molecule has 0 atom stereocenters. The summed E-state index contributed by atoms with van der Waals surface area (Å²) in [5.74, 6) is 0. The molecule has 1 aromatic rings. The molecule has 6 heteroatoms. The van der Waals surface area contributed by atoms with Crippen LogP contribution in [0.15, 0.2) is 16.1 Å². The average Bonchev–Trinajstić information content (AvgIpc) is 1.92. The largest absolute Gasteiger partial charge is 0.297 e. The van der Waals surface area contributed by atoms with Gasteiger partial charge in [-0.25, -0.2) is 13.4 Å². The molecule has 0 unspecified atom stereocenters. The van der Waals surface area contributed by atoms with Crippen LogP contribution in [0.2, 0.25) is 0 Å². The Labute approximate surface area is 69.4 Å². The second-order valence-electron chi connectivity index (χ2n) is 2.47. The number of hydrogen-bond donors (Lipinski definition) is 1. The van der Waals surface area contributed by atoms with Crippen LogP contribution in [0, 0.1) is 6.92 Å². The molecule has 0 saturated carbocycles. The van der Waals surface area contributed by atoms with Gasteiger partial charge >= 0.3 is 0 Å². The van der Waals surface area contributed by atoms with E-state index in [9.17, 15) is 13.2 Å². The Morgan fingerprint density at radius 1 is 1.50 bits per heavy atom. The van der Waals surface area contributed by atoms with Gasteiger partial charge in [-0.05, 0) is 6.92 Å². The fraction of sp³-hybridized carbons (Fsp3) is 0.333. The SMILES string of the molecule is Cc1cnc(S(C)(=O)=O)[nH]c1=O. The maximum atomic E-state index is 10.9. The van der Waals surface area contributed by atoms with Crippen molar-refractivity contribution in [3.8, 4) is 0 Å². The van der Waals surface area contributed by atoms with E-state index in [1.807, 2.05) is 0 Å². The predicted octanol–water partition coefficient (Wildman–Crippen LogP) is -0.518. The zero-order valence-corrected chi connectivity index (χ0v) is 7.47. The Morgan fingerprint density at radius 3 is 2.50 bits per heavy atom. The van der Waals surface area contributed by atoms with Gasteiger partial charge in [-0.15, -0.1) is 0 Å². The molecular formula is C6H8N2O3S. The summed E-state index contributed by atoms with van der Waals surface area (Å²) in [4.78, 5) is 16.7. The molecule has 0 aliphatic heterocycles. The predicted molar refractivity (Wildman–Crippen MR) is 42.7 cm³/mol. The number of aromatic nitrogens is 2. The van der Waals surface area contributed by atoms with Gasteiger partial charge in [0.25, 0.3) is 5.56 Å². The third-order valence-electron chi connectivity index (χ3n) is 1.31. The van der Waals surface area contributed by atoms with Gasteiger partial charge in [-0.1, -0.05) is 0 Å². The lowest BCUT2D eigenvalue weighted by Crippen LogP contribution is -2.16. The number of nitrogens with zero attached hydrogens (tertiary/aromatic N) is 1. The molecule has 0 saturated heterocycles.